The number of aromatic nitrogens is 1. The summed E-state index contributed by atoms with van der Waals surface area (Å²) < 4.78 is 0. The summed E-state index contributed by atoms with van der Waals surface area (Å²) >= 11 is 0. The zero-order valence-corrected chi connectivity index (χ0v) is 15.8. The smallest absolute Gasteiger partial charge is 0.262 e. The Hall–Kier alpha value is -3.08. The molecule has 27 heavy (non-hydrogen) atoms. The number of fused-ring (bicyclic) bond motifs is 1. The van der Waals surface area contributed by atoms with Gasteiger partial charge in [-0.05, 0) is 36.1 Å². The molecule has 3 aromatic rings. The molecule has 0 radical (unpaired) electrons. The maximum Gasteiger partial charge on any atom is 0.262 e. The topological polar surface area (TPSA) is 73.7 Å². The van der Waals surface area contributed by atoms with Gasteiger partial charge in [-0.25, -0.2) is 0 Å². The van der Waals surface area contributed by atoms with E-state index in [-0.39, 0.29) is 28.9 Å². The van der Waals surface area contributed by atoms with Crippen LogP contribution in [0.4, 0.5) is 5.69 Å². The molecule has 0 spiro atoms. The number of anilines is 1. The van der Waals surface area contributed by atoms with Gasteiger partial charge in [-0.1, -0.05) is 39.0 Å². The monoisotopic (exact) mass is 364 g/mol. The predicted molar refractivity (Wildman–Crippen MR) is 108 cm³/mol. The zero-order chi connectivity index (χ0) is 19.6. The van der Waals surface area contributed by atoms with Crippen LogP contribution in [0.2, 0.25) is 0 Å². The van der Waals surface area contributed by atoms with Crippen molar-refractivity contribution in [3.05, 3.63) is 59.8 Å². The Morgan fingerprint density at radius 1 is 1.11 bits per heavy atom. The lowest BCUT2D eigenvalue weighted by molar-refractivity contribution is 0.0984. The fourth-order valence-corrected chi connectivity index (χ4v) is 3.15. The van der Waals surface area contributed by atoms with Crippen molar-refractivity contribution in [2.75, 3.05) is 11.4 Å². The van der Waals surface area contributed by atoms with Gasteiger partial charge >= 0.3 is 0 Å². The lowest BCUT2D eigenvalue weighted by Crippen LogP contribution is -2.32. The highest BCUT2D eigenvalue weighted by Crippen LogP contribution is 2.33. The molecule has 1 amide bonds. The summed E-state index contributed by atoms with van der Waals surface area (Å²) in [6.45, 7) is 6.34. The van der Waals surface area contributed by atoms with Crippen LogP contribution in [-0.4, -0.2) is 27.6 Å². The van der Waals surface area contributed by atoms with E-state index in [9.17, 15) is 15.0 Å². The average Bonchev–Trinajstić information content (AvgIpc) is 2.65. The molecular weight excluding hydrogens is 340 g/mol. The molecule has 1 aromatic heterocycles. The van der Waals surface area contributed by atoms with E-state index in [0.717, 1.165) is 17.3 Å². The molecule has 0 aliphatic rings. The molecule has 5 heteroatoms. The van der Waals surface area contributed by atoms with Crippen LogP contribution in [0.1, 0.15) is 49.0 Å². The Bertz CT molecular complexity index is 982. The molecule has 0 saturated heterocycles. The van der Waals surface area contributed by atoms with Gasteiger partial charge in [-0.3, -0.25) is 9.78 Å². The van der Waals surface area contributed by atoms with Crippen molar-refractivity contribution in [2.24, 2.45) is 0 Å². The van der Waals surface area contributed by atoms with E-state index in [4.69, 9.17) is 0 Å². The van der Waals surface area contributed by atoms with Crippen LogP contribution in [0.3, 0.4) is 0 Å². The number of benzene rings is 2. The Morgan fingerprint density at radius 3 is 2.56 bits per heavy atom. The van der Waals surface area contributed by atoms with Gasteiger partial charge in [-0.15, -0.1) is 0 Å². The van der Waals surface area contributed by atoms with Crippen molar-refractivity contribution in [3.8, 4) is 11.5 Å². The number of pyridine rings is 1. The number of phenols is 2. The predicted octanol–water partition coefficient (Wildman–Crippen LogP) is 4.83. The van der Waals surface area contributed by atoms with E-state index in [1.54, 1.807) is 17.2 Å². The van der Waals surface area contributed by atoms with Gasteiger partial charge in [0, 0.05) is 18.0 Å². The van der Waals surface area contributed by atoms with Gasteiger partial charge < -0.3 is 15.1 Å². The number of hydrogen-bond acceptors (Lipinski definition) is 4. The van der Waals surface area contributed by atoms with Gasteiger partial charge in [-0.2, -0.15) is 0 Å². The first-order valence-corrected chi connectivity index (χ1v) is 9.15. The van der Waals surface area contributed by atoms with Crippen molar-refractivity contribution in [1.29, 1.82) is 0 Å². The van der Waals surface area contributed by atoms with Crippen molar-refractivity contribution in [3.63, 3.8) is 0 Å². The zero-order valence-electron chi connectivity index (χ0n) is 15.8. The molecule has 2 N–H and O–H groups in total. The Morgan fingerprint density at radius 2 is 1.85 bits per heavy atom. The summed E-state index contributed by atoms with van der Waals surface area (Å²) in [7, 11) is 0. The molecule has 0 saturated carbocycles. The van der Waals surface area contributed by atoms with Gasteiger partial charge in [0.1, 0.15) is 11.5 Å². The molecular formula is C22H24N2O3. The molecule has 0 fully saturated rings. The van der Waals surface area contributed by atoms with E-state index in [1.165, 1.54) is 6.07 Å². The number of carbonyl (C=O) groups is 1. The maximum absolute atomic E-state index is 13.2. The average molecular weight is 364 g/mol. The first-order valence-electron chi connectivity index (χ1n) is 9.15. The number of carbonyl (C=O) groups excluding carboxylic acids is 1. The first-order chi connectivity index (χ1) is 12.9. The Labute approximate surface area is 158 Å². The molecule has 140 valence electrons. The number of phenolic OH excluding ortho intramolecular Hbond substituents is 2. The molecule has 2 aromatic carbocycles. The van der Waals surface area contributed by atoms with E-state index in [2.05, 4.69) is 4.98 Å². The first kappa shape index (κ1) is 18.7. The summed E-state index contributed by atoms with van der Waals surface area (Å²) in [6, 6.07) is 12.5. The summed E-state index contributed by atoms with van der Waals surface area (Å²) in [4.78, 5) is 19.3. The van der Waals surface area contributed by atoms with Crippen LogP contribution in [0.15, 0.2) is 48.7 Å². The fourth-order valence-electron chi connectivity index (χ4n) is 3.15. The third-order valence-corrected chi connectivity index (χ3v) is 4.58. The molecule has 0 aliphatic carbocycles. The highest BCUT2D eigenvalue weighted by Gasteiger charge is 2.23. The van der Waals surface area contributed by atoms with Crippen LogP contribution < -0.4 is 4.90 Å². The van der Waals surface area contributed by atoms with Crippen LogP contribution in [0.25, 0.3) is 10.9 Å². The van der Waals surface area contributed by atoms with E-state index >= 15 is 0 Å². The van der Waals surface area contributed by atoms with Crippen molar-refractivity contribution >= 4 is 22.5 Å². The molecule has 0 aliphatic heterocycles. The SMILES string of the molecule is CCCN(C(=O)c1cc(C(C)C)c(O)cc1O)c1cnc2ccccc2c1. The van der Waals surface area contributed by atoms with Gasteiger partial charge in [0.15, 0.2) is 0 Å². The minimum atomic E-state index is -0.312. The maximum atomic E-state index is 13.2. The van der Waals surface area contributed by atoms with Crippen LogP contribution in [0.5, 0.6) is 11.5 Å². The molecule has 0 bridgehead atoms. The minimum absolute atomic E-state index is 0.00605. The van der Waals surface area contributed by atoms with Crippen LogP contribution >= 0.6 is 0 Å². The third-order valence-electron chi connectivity index (χ3n) is 4.58. The summed E-state index contributed by atoms with van der Waals surface area (Å²) in [5, 5.41) is 21.3. The van der Waals surface area contributed by atoms with Crippen LogP contribution in [0, 0.1) is 0 Å². The second kappa shape index (κ2) is 7.66. The second-order valence-electron chi connectivity index (χ2n) is 6.93. The van der Waals surface area contributed by atoms with Crippen molar-refractivity contribution in [2.45, 2.75) is 33.1 Å². The van der Waals surface area contributed by atoms with E-state index in [0.29, 0.717) is 17.8 Å². The second-order valence-corrected chi connectivity index (χ2v) is 6.93. The number of aromatic hydroxyl groups is 2. The standard InChI is InChI=1S/C22H24N2O3/c1-4-9-24(16-10-15-7-5-6-8-19(15)23-13-16)22(27)18-11-17(14(2)3)20(25)12-21(18)26/h5-8,10-14,25-26H,4,9H2,1-3H3. The normalized spacial score (nSPS) is 11.1. The molecule has 3 rings (SSSR count). The van der Waals surface area contributed by atoms with Crippen molar-refractivity contribution in [1.82, 2.24) is 4.98 Å². The highest BCUT2D eigenvalue weighted by atomic mass is 16.3. The number of rotatable bonds is 5. The Kier molecular flexibility index (Phi) is 5.31. The summed E-state index contributed by atoms with van der Waals surface area (Å²) in [5.74, 6) is -0.516. The highest BCUT2D eigenvalue weighted by molar-refractivity contribution is 6.08. The third kappa shape index (κ3) is 3.72. The van der Waals surface area contributed by atoms with Crippen LogP contribution in [-0.2, 0) is 0 Å². The largest absolute Gasteiger partial charge is 0.508 e. The lowest BCUT2D eigenvalue weighted by atomic mass is 9.98. The summed E-state index contributed by atoms with van der Waals surface area (Å²) in [6.07, 6.45) is 2.44. The lowest BCUT2D eigenvalue weighted by Gasteiger charge is -2.23. The molecule has 0 unspecified atom stereocenters. The summed E-state index contributed by atoms with van der Waals surface area (Å²) in [5.41, 5.74) is 2.35. The van der Waals surface area contributed by atoms with Crippen molar-refractivity contribution < 1.29 is 15.0 Å². The van der Waals surface area contributed by atoms with E-state index < -0.39 is 0 Å². The quantitative estimate of drug-likeness (QED) is 0.680. The number of hydrogen-bond donors (Lipinski definition) is 2. The molecule has 5 nitrogen and oxygen atoms in total. The number of para-hydroxylation sites is 1. The Balaban J connectivity index is 2.06. The van der Waals surface area contributed by atoms with Gasteiger partial charge in [0.25, 0.3) is 5.91 Å². The van der Waals surface area contributed by atoms with Gasteiger partial charge in [0.2, 0.25) is 0 Å². The number of nitrogens with zero attached hydrogens (tertiary/aromatic N) is 2. The molecule has 1 heterocycles. The fraction of sp³-hybridized carbons (Fsp3) is 0.273. The van der Waals surface area contributed by atoms with E-state index in [1.807, 2.05) is 51.1 Å². The molecule has 0 atom stereocenters. The van der Waals surface area contributed by atoms with Gasteiger partial charge in [0.05, 0.1) is 23.0 Å². The number of amides is 1. The minimum Gasteiger partial charge on any atom is -0.508 e.